The van der Waals surface area contributed by atoms with E-state index in [0.717, 1.165) is 19.3 Å². The van der Waals surface area contributed by atoms with E-state index in [9.17, 15) is 19.8 Å². The molecule has 1 aliphatic rings. The third-order valence-electron chi connectivity index (χ3n) is 4.73. The second-order valence-electron chi connectivity index (χ2n) is 6.85. The van der Waals surface area contributed by atoms with Crippen molar-refractivity contribution in [3.8, 4) is 0 Å². The maximum Gasteiger partial charge on any atom is 0.303 e. The average Bonchev–Trinajstić information content (AvgIpc) is 2.82. The van der Waals surface area contributed by atoms with Crippen LogP contribution in [0.25, 0.3) is 0 Å². The first kappa shape index (κ1) is 21.6. The van der Waals surface area contributed by atoms with Crippen molar-refractivity contribution in [2.45, 2.75) is 76.9 Å². The van der Waals surface area contributed by atoms with E-state index in [-0.39, 0.29) is 30.5 Å². The number of carboxylic acids is 1. The number of carbonyl (C=O) groups is 2. The monoisotopic (exact) mass is 352 g/mol. The molecule has 0 aromatic heterocycles. The molecule has 0 amide bonds. The molecule has 1 fully saturated rings. The minimum absolute atomic E-state index is 0.0709. The molecular formula is C20H32O5. The summed E-state index contributed by atoms with van der Waals surface area (Å²) in [5.74, 6) is -1.21. The molecule has 25 heavy (non-hydrogen) atoms. The lowest BCUT2D eigenvalue weighted by atomic mass is 9.89. The number of hydrogen-bond acceptors (Lipinski definition) is 4. The van der Waals surface area contributed by atoms with Crippen LogP contribution >= 0.6 is 0 Å². The number of aliphatic carboxylic acids is 1. The maximum absolute atomic E-state index is 12.1. The Labute approximate surface area is 150 Å². The van der Waals surface area contributed by atoms with Crippen molar-refractivity contribution >= 4 is 11.8 Å². The first-order valence-electron chi connectivity index (χ1n) is 9.39. The highest BCUT2D eigenvalue weighted by Crippen LogP contribution is 2.34. The van der Waals surface area contributed by atoms with Gasteiger partial charge in [0.1, 0.15) is 5.78 Å². The summed E-state index contributed by atoms with van der Waals surface area (Å²) < 4.78 is 0. The first-order chi connectivity index (χ1) is 12.0. The first-order valence-corrected chi connectivity index (χ1v) is 9.39. The fourth-order valence-corrected chi connectivity index (χ4v) is 3.27. The van der Waals surface area contributed by atoms with Crippen molar-refractivity contribution in [2.24, 2.45) is 11.8 Å². The summed E-state index contributed by atoms with van der Waals surface area (Å²) in [6.45, 7) is 2.11. The van der Waals surface area contributed by atoms with Crippen molar-refractivity contribution in [3.05, 3.63) is 24.3 Å². The van der Waals surface area contributed by atoms with Crippen molar-refractivity contribution in [2.75, 3.05) is 0 Å². The van der Waals surface area contributed by atoms with Gasteiger partial charge in [0.15, 0.2) is 0 Å². The number of unbranched alkanes of at least 4 members (excludes halogenated alkanes) is 2. The summed E-state index contributed by atoms with van der Waals surface area (Å²) in [6.07, 6.45) is 12.0. The van der Waals surface area contributed by atoms with Gasteiger partial charge in [0.05, 0.1) is 12.2 Å². The highest BCUT2D eigenvalue weighted by molar-refractivity contribution is 5.84. The summed E-state index contributed by atoms with van der Waals surface area (Å²) in [5, 5.41) is 28.7. The highest BCUT2D eigenvalue weighted by atomic mass is 16.4. The Morgan fingerprint density at radius 1 is 1.28 bits per heavy atom. The molecule has 142 valence electrons. The Morgan fingerprint density at radius 3 is 2.68 bits per heavy atom. The number of Topliss-reactive ketones (excluding diaryl/α,β-unsaturated/α-hetero) is 1. The van der Waals surface area contributed by atoms with Gasteiger partial charge in [0.2, 0.25) is 0 Å². The summed E-state index contributed by atoms with van der Waals surface area (Å²) in [7, 11) is 0. The van der Waals surface area contributed by atoms with Crippen LogP contribution in [-0.2, 0) is 9.59 Å². The van der Waals surface area contributed by atoms with Crippen LogP contribution in [0, 0.1) is 11.8 Å². The number of ketones is 1. The van der Waals surface area contributed by atoms with E-state index in [4.69, 9.17) is 5.11 Å². The summed E-state index contributed by atoms with van der Waals surface area (Å²) >= 11 is 0. The van der Waals surface area contributed by atoms with Gasteiger partial charge >= 0.3 is 5.97 Å². The molecule has 1 saturated carbocycles. The molecule has 0 spiro atoms. The van der Waals surface area contributed by atoms with Crippen LogP contribution < -0.4 is 0 Å². The van der Waals surface area contributed by atoms with Gasteiger partial charge in [-0.3, -0.25) is 9.59 Å². The van der Waals surface area contributed by atoms with Gasteiger partial charge in [0, 0.05) is 24.7 Å². The molecule has 4 atom stereocenters. The molecule has 0 aliphatic heterocycles. The lowest BCUT2D eigenvalue weighted by Crippen LogP contribution is -2.19. The maximum atomic E-state index is 12.1. The van der Waals surface area contributed by atoms with Gasteiger partial charge < -0.3 is 15.3 Å². The Bertz CT molecular complexity index is 469. The van der Waals surface area contributed by atoms with Crippen LogP contribution in [0.15, 0.2) is 24.3 Å². The second kappa shape index (κ2) is 12.0. The number of rotatable bonds is 12. The van der Waals surface area contributed by atoms with Crippen LogP contribution in [0.1, 0.15) is 64.7 Å². The lowest BCUT2D eigenvalue weighted by molar-refractivity contribution is -0.136. The molecule has 0 aromatic rings. The Hall–Kier alpha value is -1.46. The number of aliphatic hydroxyl groups is 2. The molecule has 1 rings (SSSR count). The van der Waals surface area contributed by atoms with E-state index in [0.29, 0.717) is 25.7 Å². The SMILES string of the molecule is CCCCC[C@H](O)/C=C/[C@H]1[C@H](O)CC(=O)[C@@H]1CC/C=C\CCC(=O)O. The lowest BCUT2D eigenvalue weighted by Gasteiger charge is -2.17. The average molecular weight is 352 g/mol. The summed E-state index contributed by atoms with van der Waals surface area (Å²) in [5.41, 5.74) is 0. The molecule has 0 unspecified atom stereocenters. The van der Waals surface area contributed by atoms with Gasteiger partial charge in [-0.25, -0.2) is 0 Å². The molecule has 0 heterocycles. The predicted octanol–water partition coefficient (Wildman–Crippen LogP) is 3.25. The molecule has 1 aliphatic carbocycles. The Kier molecular flexibility index (Phi) is 10.3. The molecule has 5 nitrogen and oxygen atoms in total. The van der Waals surface area contributed by atoms with E-state index in [1.165, 1.54) is 0 Å². The van der Waals surface area contributed by atoms with Crippen molar-refractivity contribution in [1.29, 1.82) is 0 Å². The zero-order chi connectivity index (χ0) is 18.7. The molecule has 0 saturated heterocycles. The minimum atomic E-state index is -0.818. The number of carbonyl (C=O) groups excluding carboxylic acids is 1. The van der Waals surface area contributed by atoms with Gasteiger partial charge in [-0.1, -0.05) is 50.5 Å². The van der Waals surface area contributed by atoms with E-state index >= 15 is 0 Å². The molecular weight excluding hydrogens is 320 g/mol. The van der Waals surface area contributed by atoms with E-state index < -0.39 is 18.2 Å². The fraction of sp³-hybridized carbons (Fsp3) is 0.700. The van der Waals surface area contributed by atoms with Crippen molar-refractivity contribution in [1.82, 2.24) is 0 Å². The third kappa shape index (κ3) is 8.45. The fourth-order valence-electron chi connectivity index (χ4n) is 3.27. The number of aliphatic hydroxyl groups excluding tert-OH is 2. The molecule has 0 radical (unpaired) electrons. The van der Waals surface area contributed by atoms with Gasteiger partial charge in [0.25, 0.3) is 0 Å². The van der Waals surface area contributed by atoms with Gasteiger partial charge in [-0.2, -0.15) is 0 Å². The van der Waals surface area contributed by atoms with E-state index in [1.807, 2.05) is 18.2 Å². The number of carboxylic acid groups (broad SMARTS) is 1. The zero-order valence-corrected chi connectivity index (χ0v) is 15.1. The quantitative estimate of drug-likeness (QED) is 0.370. The second-order valence-corrected chi connectivity index (χ2v) is 6.85. The van der Waals surface area contributed by atoms with Crippen LogP contribution in [0.4, 0.5) is 0 Å². The van der Waals surface area contributed by atoms with Crippen molar-refractivity contribution < 1.29 is 24.9 Å². The van der Waals surface area contributed by atoms with Crippen molar-refractivity contribution in [3.63, 3.8) is 0 Å². The Morgan fingerprint density at radius 2 is 2.00 bits per heavy atom. The minimum Gasteiger partial charge on any atom is -0.481 e. The summed E-state index contributed by atoms with van der Waals surface area (Å²) in [4.78, 5) is 22.5. The standard InChI is InChI=1S/C20H32O5/c1-2-3-6-9-15(21)12-13-17-16(18(22)14-19(17)23)10-7-4-5-8-11-20(24)25/h4-5,12-13,15-17,19,21,23H,2-3,6-11,14H2,1H3,(H,24,25)/b5-4-,13-12+/t15-,16+,17+,19+/m0/s1. The Balaban J connectivity index is 2.46. The molecule has 0 aromatic carbocycles. The molecule has 0 bridgehead atoms. The number of hydrogen-bond donors (Lipinski definition) is 3. The van der Waals surface area contributed by atoms with E-state index in [2.05, 4.69) is 6.92 Å². The topological polar surface area (TPSA) is 94.8 Å². The normalized spacial score (nSPS) is 25.2. The van der Waals surface area contributed by atoms with Gasteiger partial charge in [-0.05, 0) is 25.7 Å². The van der Waals surface area contributed by atoms with Gasteiger partial charge in [-0.15, -0.1) is 0 Å². The number of allylic oxidation sites excluding steroid dienone is 2. The highest BCUT2D eigenvalue weighted by Gasteiger charge is 2.39. The van der Waals surface area contributed by atoms with Crippen LogP contribution in [0.2, 0.25) is 0 Å². The van der Waals surface area contributed by atoms with Crippen LogP contribution in [-0.4, -0.2) is 39.3 Å². The summed E-state index contributed by atoms with van der Waals surface area (Å²) in [6, 6.07) is 0. The molecule has 5 heteroatoms. The van der Waals surface area contributed by atoms with Crippen LogP contribution in [0.3, 0.4) is 0 Å². The van der Waals surface area contributed by atoms with Crippen LogP contribution in [0.5, 0.6) is 0 Å². The predicted molar refractivity (Wildman–Crippen MR) is 97.1 cm³/mol. The third-order valence-corrected chi connectivity index (χ3v) is 4.73. The zero-order valence-electron chi connectivity index (χ0n) is 15.1. The smallest absolute Gasteiger partial charge is 0.303 e. The largest absolute Gasteiger partial charge is 0.481 e. The van der Waals surface area contributed by atoms with E-state index in [1.54, 1.807) is 6.08 Å². The molecule has 3 N–H and O–H groups in total.